The first-order valence-corrected chi connectivity index (χ1v) is 10.3. The summed E-state index contributed by atoms with van der Waals surface area (Å²) in [7, 11) is 1.70. The summed E-state index contributed by atoms with van der Waals surface area (Å²) in [6.45, 7) is 3.47. The molecule has 30 heavy (non-hydrogen) atoms. The highest BCUT2D eigenvalue weighted by Gasteiger charge is 2.33. The fourth-order valence-corrected chi connectivity index (χ4v) is 3.97. The van der Waals surface area contributed by atoms with Gasteiger partial charge in [-0.1, -0.05) is 65.8 Å². The molecule has 2 heterocycles. The highest BCUT2D eigenvalue weighted by Crippen LogP contribution is 2.37. The Morgan fingerprint density at radius 2 is 1.80 bits per heavy atom. The van der Waals surface area contributed by atoms with Crippen LogP contribution in [0.3, 0.4) is 0 Å². The van der Waals surface area contributed by atoms with Gasteiger partial charge < -0.3 is 19.5 Å². The van der Waals surface area contributed by atoms with Gasteiger partial charge in [-0.25, -0.2) is 0 Å². The maximum atomic E-state index is 5.74. The average molecular weight is 421 g/mol. The average Bonchev–Trinajstić information content (AvgIpc) is 3.26. The molecule has 1 atom stereocenters. The maximum Gasteiger partial charge on any atom is 0.258 e. The van der Waals surface area contributed by atoms with E-state index in [1.54, 1.807) is 7.11 Å². The molecule has 0 aliphatic carbocycles. The van der Waals surface area contributed by atoms with Crippen molar-refractivity contribution in [2.45, 2.75) is 19.4 Å². The van der Waals surface area contributed by atoms with Gasteiger partial charge in [-0.3, -0.25) is 0 Å². The molecule has 1 aromatic heterocycles. The van der Waals surface area contributed by atoms with Crippen molar-refractivity contribution >= 4 is 22.9 Å². The summed E-state index contributed by atoms with van der Waals surface area (Å²) in [6, 6.07) is 19.8. The second-order valence-corrected chi connectivity index (χ2v) is 7.47. The first kappa shape index (κ1) is 20.3. The van der Waals surface area contributed by atoms with Gasteiger partial charge in [0.2, 0.25) is 5.82 Å². The zero-order chi connectivity index (χ0) is 20.9. The lowest BCUT2D eigenvalue weighted by Crippen LogP contribution is -2.46. The third-order valence-corrected chi connectivity index (χ3v) is 5.49. The molecular formula is C23H24N4O2S. The standard InChI is InChI=1S/C23H24N4O2S/c1-16-19(22-25-21(26-29-22)18-12-7-4-8-13-18)20(17-10-5-3-6-11-17)24-23(30)27(16)14-9-15-28-2/h3-8,10-13,20H,9,14-15H2,1-2H3,(H,24,30). The highest BCUT2D eigenvalue weighted by atomic mass is 32.1. The van der Waals surface area contributed by atoms with Crippen LogP contribution in [0.5, 0.6) is 0 Å². The molecule has 1 unspecified atom stereocenters. The Kier molecular flexibility index (Phi) is 6.21. The Labute approximate surface area is 181 Å². The molecule has 0 amide bonds. The Balaban J connectivity index is 1.76. The first-order chi connectivity index (χ1) is 14.7. The van der Waals surface area contributed by atoms with Crippen molar-refractivity contribution in [2.75, 3.05) is 20.3 Å². The van der Waals surface area contributed by atoms with E-state index in [-0.39, 0.29) is 6.04 Å². The molecule has 2 aromatic carbocycles. The SMILES string of the molecule is COCCCN1C(=S)NC(c2ccccc2)C(c2nc(-c3ccccc3)no2)=C1C. The molecule has 0 radical (unpaired) electrons. The Morgan fingerprint density at radius 1 is 1.10 bits per heavy atom. The molecule has 1 N–H and O–H groups in total. The van der Waals surface area contributed by atoms with Crippen LogP contribution < -0.4 is 5.32 Å². The van der Waals surface area contributed by atoms with E-state index >= 15 is 0 Å². The molecule has 7 heteroatoms. The van der Waals surface area contributed by atoms with Crippen LogP contribution in [0.4, 0.5) is 0 Å². The minimum atomic E-state index is -0.165. The van der Waals surface area contributed by atoms with E-state index in [4.69, 9.17) is 26.5 Å². The van der Waals surface area contributed by atoms with Crippen molar-refractivity contribution in [2.24, 2.45) is 0 Å². The lowest BCUT2D eigenvalue weighted by atomic mass is 9.95. The second kappa shape index (κ2) is 9.19. The molecule has 0 bridgehead atoms. The topological polar surface area (TPSA) is 63.4 Å². The lowest BCUT2D eigenvalue weighted by Gasteiger charge is -2.37. The summed E-state index contributed by atoms with van der Waals surface area (Å²) in [5.74, 6) is 1.06. The van der Waals surface area contributed by atoms with Crippen LogP contribution in [0, 0.1) is 0 Å². The van der Waals surface area contributed by atoms with Crippen LogP contribution >= 0.6 is 12.2 Å². The number of ether oxygens (including phenoxy) is 1. The van der Waals surface area contributed by atoms with E-state index in [2.05, 4.69) is 34.4 Å². The Bertz CT molecular complexity index is 1030. The van der Waals surface area contributed by atoms with E-state index in [1.807, 2.05) is 48.5 Å². The summed E-state index contributed by atoms with van der Waals surface area (Å²) in [6.07, 6.45) is 0.859. The summed E-state index contributed by atoms with van der Waals surface area (Å²) in [5, 5.41) is 8.38. The monoisotopic (exact) mass is 420 g/mol. The summed E-state index contributed by atoms with van der Waals surface area (Å²) in [5.41, 5.74) is 3.94. The van der Waals surface area contributed by atoms with E-state index in [0.29, 0.717) is 23.4 Å². The zero-order valence-corrected chi connectivity index (χ0v) is 17.9. The first-order valence-electron chi connectivity index (χ1n) is 9.91. The Hall–Kier alpha value is -3.03. The molecule has 1 aliphatic heterocycles. The van der Waals surface area contributed by atoms with Gasteiger partial charge in [0.1, 0.15) is 0 Å². The third kappa shape index (κ3) is 4.13. The highest BCUT2D eigenvalue weighted by molar-refractivity contribution is 7.80. The van der Waals surface area contributed by atoms with Crippen LogP contribution in [0.2, 0.25) is 0 Å². The van der Waals surface area contributed by atoms with E-state index < -0.39 is 0 Å². The largest absolute Gasteiger partial charge is 0.385 e. The normalized spacial score (nSPS) is 16.7. The quantitative estimate of drug-likeness (QED) is 0.448. The number of hydrogen-bond donors (Lipinski definition) is 1. The summed E-state index contributed by atoms with van der Waals surface area (Å²) >= 11 is 5.69. The number of nitrogens with one attached hydrogen (secondary N) is 1. The van der Waals surface area contributed by atoms with Gasteiger partial charge in [-0.15, -0.1) is 0 Å². The Morgan fingerprint density at radius 3 is 2.50 bits per heavy atom. The van der Waals surface area contributed by atoms with E-state index in [0.717, 1.165) is 35.4 Å². The number of methoxy groups -OCH3 is 1. The molecule has 0 fully saturated rings. The van der Waals surface area contributed by atoms with Crippen molar-refractivity contribution in [1.82, 2.24) is 20.4 Å². The van der Waals surface area contributed by atoms with Crippen molar-refractivity contribution in [1.29, 1.82) is 0 Å². The fourth-order valence-electron chi connectivity index (χ4n) is 3.63. The van der Waals surface area contributed by atoms with Crippen molar-refractivity contribution < 1.29 is 9.26 Å². The molecule has 4 rings (SSSR count). The van der Waals surface area contributed by atoms with Gasteiger partial charge >= 0.3 is 0 Å². The molecular weight excluding hydrogens is 396 g/mol. The van der Waals surface area contributed by atoms with Crippen LogP contribution in [-0.2, 0) is 4.74 Å². The molecule has 1 aliphatic rings. The molecule has 0 spiro atoms. The van der Waals surface area contributed by atoms with Crippen LogP contribution in [0.1, 0.15) is 30.8 Å². The van der Waals surface area contributed by atoms with Gasteiger partial charge in [-0.2, -0.15) is 4.98 Å². The third-order valence-electron chi connectivity index (χ3n) is 5.15. The van der Waals surface area contributed by atoms with Crippen molar-refractivity contribution in [3.8, 4) is 11.4 Å². The number of benzene rings is 2. The summed E-state index contributed by atoms with van der Waals surface area (Å²) < 4.78 is 10.9. The van der Waals surface area contributed by atoms with Crippen LogP contribution in [-0.4, -0.2) is 40.4 Å². The second-order valence-electron chi connectivity index (χ2n) is 7.08. The molecule has 154 valence electrons. The van der Waals surface area contributed by atoms with E-state index in [9.17, 15) is 0 Å². The molecule has 6 nitrogen and oxygen atoms in total. The lowest BCUT2D eigenvalue weighted by molar-refractivity contribution is 0.188. The van der Waals surface area contributed by atoms with Gasteiger partial charge in [0.05, 0.1) is 11.6 Å². The van der Waals surface area contributed by atoms with Gasteiger partial charge in [-0.05, 0) is 31.1 Å². The number of aromatic nitrogens is 2. The molecule has 3 aromatic rings. The fraction of sp³-hybridized carbons (Fsp3) is 0.261. The number of rotatable bonds is 7. The predicted octanol–water partition coefficient (Wildman–Crippen LogP) is 4.44. The number of hydrogen-bond acceptors (Lipinski definition) is 5. The molecule has 0 saturated heterocycles. The van der Waals surface area contributed by atoms with Crippen LogP contribution in [0.25, 0.3) is 17.0 Å². The predicted molar refractivity (Wildman–Crippen MR) is 120 cm³/mol. The van der Waals surface area contributed by atoms with E-state index in [1.165, 1.54) is 0 Å². The minimum Gasteiger partial charge on any atom is -0.385 e. The van der Waals surface area contributed by atoms with Gasteiger partial charge in [0.15, 0.2) is 5.11 Å². The zero-order valence-electron chi connectivity index (χ0n) is 17.0. The van der Waals surface area contributed by atoms with Gasteiger partial charge in [0, 0.05) is 31.5 Å². The smallest absolute Gasteiger partial charge is 0.258 e. The molecule has 0 saturated carbocycles. The summed E-state index contributed by atoms with van der Waals surface area (Å²) in [4.78, 5) is 6.79. The minimum absolute atomic E-state index is 0.165. The van der Waals surface area contributed by atoms with Crippen molar-refractivity contribution in [3.63, 3.8) is 0 Å². The van der Waals surface area contributed by atoms with Gasteiger partial charge in [0.25, 0.3) is 5.89 Å². The van der Waals surface area contributed by atoms with Crippen LogP contribution in [0.15, 0.2) is 70.9 Å². The van der Waals surface area contributed by atoms with Crippen molar-refractivity contribution in [3.05, 3.63) is 77.8 Å². The number of allylic oxidation sites excluding steroid dienone is 1. The number of thiocarbonyl (C=S) groups is 1. The number of nitrogens with zero attached hydrogens (tertiary/aromatic N) is 3. The maximum absolute atomic E-state index is 5.74.